The molecule has 1 heterocycles. The molecule has 1 aromatic rings. The fourth-order valence-corrected chi connectivity index (χ4v) is 3.19. The van der Waals surface area contributed by atoms with Crippen LogP contribution in [0.25, 0.3) is 0 Å². The topological polar surface area (TPSA) is 45.2 Å². The number of hydrogen-bond donors (Lipinski definition) is 1. The summed E-state index contributed by atoms with van der Waals surface area (Å²) in [7, 11) is 0. The molecule has 0 atom stereocenters. The number of amides is 1. The number of nitrogens with zero attached hydrogens (tertiary/aromatic N) is 2. The van der Waals surface area contributed by atoms with E-state index in [9.17, 15) is 4.79 Å². The van der Waals surface area contributed by atoms with Gasteiger partial charge in [0.1, 0.15) is 5.82 Å². The normalized spacial score (nSPS) is 15.8. The summed E-state index contributed by atoms with van der Waals surface area (Å²) in [5, 5.41) is 3.20. The summed E-state index contributed by atoms with van der Waals surface area (Å²) in [6.07, 6.45) is 6.08. The molecular formula is C17H27N3O. The van der Waals surface area contributed by atoms with Crippen molar-refractivity contribution in [3.63, 3.8) is 0 Å². The van der Waals surface area contributed by atoms with Crippen LogP contribution < -0.4 is 5.32 Å². The van der Waals surface area contributed by atoms with Crippen molar-refractivity contribution in [3.05, 3.63) is 23.4 Å². The molecule has 0 bridgehead atoms. The average molecular weight is 289 g/mol. The zero-order valence-electron chi connectivity index (χ0n) is 13.5. The van der Waals surface area contributed by atoms with E-state index in [1.54, 1.807) is 0 Å². The van der Waals surface area contributed by atoms with Gasteiger partial charge in [-0.2, -0.15) is 0 Å². The molecule has 1 amide bonds. The van der Waals surface area contributed by atoms with E-state index in [-0.39, 0.29) is 5.91 Å². The van der Waals surface area contributed by atoms with Gasteiger partial charge < -0.3 is 10.2 Å². The molecule has 2 rings (SSSR count). The third-order valence-electron chi connectivity index (χ3n) is 4.18. The largest absolute Gasteiger partial charge is 0.370 e. The average Bonchev–Trinajstić information content (AvgIpc) is 2.49. The number of aromatic nitrogens is 1. The van der Waals surface area contributed by atoms with Crippen molar-refractivity contribution in [1.82, 2.24) is 9.88 Å². The smallest absolute Gasteiger partial charge is 0.254 e. The highest BCUT2D eigenvalue weighted by Crippen LogP contribution is 2.24. The lowest BCUT2D eigenvalue weighted by Crippen LogP contribution is -2.41. The van der Waals surface area contributed by atoms with Crippen LogP contribution in [0, 0.1) is 6.92 Å². The second-order valence-electron chi connectivity index (χ2n) is 5.80. The molecule has 1 aromatic heterocycles. The standard InChI is InChI=1S/C17H27N3O/c1-4-18-16-12-14(11-13(3)19-16)17(21)20(5-2)15-9-7-6-8-10-15/h11-12,15H,4-10H2,1-3H3,(H,18,19). The van der Waals surface area contributed by atoms with E-state index < -0.39 is 0 Å². The van der Waals surface area contributed by atoms with Crippen LogP contribution in [0.1, 0.15) is 62.0 Å². The number of carbonyl (C=O) groups excluding carboxylic acids is 1. The lowest BCUT2D eigenvalue weighted by atomic mass is 9.93. The van der Waals surface area contributed by atoms with Gasteiger partial charge in [-0.15, -0.1) is 0 Å². The van der Waals surface area contributed by atoms with Gasteiger partial charge in [-0.25, -0.2) is 4.98 Å². The minimum Gasteiger partial charge on any atom is -0.370 e. The molecule has 0 aromatic carbocycles. The second-order valence-corrected chi connectivity index (χ2v) is 5.80. The van der Waals surface area contributed by atoms with E-state index in [0.717, 1.165) is 43.0 Å². The Morgan fingerprint density at radius 2 is 2.00 bits per heavy atom. The Labute approximate surface area is 127 Å². The molecule has 1 saturated carbocycles. The van der Waals surface area contributed by atoms with Crippen LogP contribution in [0.3, 0.4) is 0 Å². The zero-order valence-corrected chi connectivity index (χ0v) is 13.5. The number of aryl methyl sites for hydroxylation is 1. The molecule has 1 aliphatic carbocycles. The summed E-state index contributed by atoms with van der Waals surface area (Å²) in [6, 6.07) is 4.19. The van der Waals surface area contributed by atoms with Crippen LogP contribution in [-0.4, -0.2) is 34.9 Å². The Bertz CT molecular complexity index is 481. The number of hydrogen-bond acceptors (Lipinski definition) is 3. The first-order chi connectivity index (χ1) is 10.2. The van der Waals surface area contributed by atoms with Crippen molar-refractivity contribution >= 4 is 11.7 Å². The van der Waals surface area contributed by atoms with Gasteiger partial charge >= 0.3 is 0 Å². The van der Waals surface area contributed by atoms with E-state index in [1.165, 1.54) is 19.3 Å². The summed E-state index contributed by atoms with van der Waals surface area (Å²) in [5.74, 6) is 0.939. The maximum absolute atomic E-state index is 12.9. The molecule has 4 heteroatoms. The third kappa shape index (κ3) is 3.96. The highest BCUT2D eigenvalue weighted by Gasteiger charge is 2.25. The summed E-state index contributed by atoms with van der Waals surface area (Å²) in [6.45, 7) is 7.64. The third-order valence-corrected chi connectivity index (χ3v) is 4.18. The highest BCUT2D eigenvalue weighted by atomic mass is 16.2. The van der Waals surface area contributed by atoms with Crippen molar-refractivity contribution in [2.24, 2.45) is 0 Å². The SMILES string of the molecule is CCNc1cc(C(=O)N(CC)C2CCCCC2)cc(C)n1. The minimum atomic E-state index is 0.147. The second kappa shape index (κ2) is 7.43. The van der Waals surface area contributed by atoms with Gasteiger partial charge in [0, 0.05) is 30.4 Å². The number of rotatable bonds is 5. The van der Waals surface area contributed by atoms with Crippen molar-refractivity contribution in [3.8, 4) is 0 Å². The quantitative estimate of drug-likeness (QED) is 0.900. The Kier molecular flexibility index (Phi) is 5.59. The van der Waals surface area contributed by atoms with Crippen LogP contribution in [-0.2, 0) is 0 Å². The molecule has 0 saturated heterocycles. The molecule has 0 aliphatic heterocycles. The van der Waals surface area contributed by atoms with Crippen LogP contribution >= 0.6 is 0 Å². The van der Waals surface area contributed by atoms with Crippen LogP contribution in [0.2, 0.25) is 0 Å². The van der Waals surface area contributed by atoms with E-state index in [1.807, 2.05) is 30.9 Å². The molecule has 1 fully saturated rings. The zero-order chi connectivity index (χ0) is 15.2. The summed E-state index contributed by atoms with van der Waals surface area (Å²) >= 11 is 0. The number of nitrogens with one attached hydrogen (secondary N) is 1. The van der Waals surface area contributed by atoms with Gasteiger partial charge in [-0.3, -0.25) is 4.79 Å². The number of carbonyl (C=O) groups is 1. The first kappa shape index (κ1) is 15.8. The van der Waals surface area contributed by atoms with Gasteiger partial charge in [0.25, 0.3) is 5.91 Å². The lowest BCUT2D eigenvalue weighted by Gasteiger charge is -2.33. The molecule has 4 nitrogen and oxygen atoms in total. The molecular weight excluding hydrogens is 262 g/mol. The predicted molar refractivity (Wildman–Crippen MR) is 86.7 cm³/mol. The minimum absolute atomic E-state index is 0.147. The van der Waals surface area contributed by atoms with Crippen molar-refractivity contribution in [2.75, 3.05) is 18.4 Å². The predicted octanol–water partition coefficient (Wildman–Crippen LogP) is 3.62. The van der Waals surface area contributed by atoms with E-state index >= 15 is 0 Å². The van der Waals surface area contributed by atoms with Crippen LogP contribution in [0.15, 0.2) is 12.1 Å². The van der Waals surface area contributed by atoms with Crippen LogP contribution in [0.5, 0.6) is 0 Å². The van der Waals surface area contributed by atoms with Gasteiger partial charge in [0.05, 0.1) is 0 Å². The summed E-state index contributed by atoms with van der Waals surface area (Å²) in [5.41, 5.74) is 1.64. The molecule has 0 spiro atoms. The van der Waals surface area contributed by atoms with Crippen molar-refractivity contribution < 1.29 is 4.79 Å². The molecule has 0 radical (unpaired) electrons. The first-order valence-electron chi connectivity index (χ1n) is 8.19. The van der Waals surface area contributed by atoms with E-state index in [0.29, 0.717) is 6.04 Å². The number of anilines is 1. The van der Waals surface area contributed by atoms with Crippen LogP contribution in [0.4, 0.5) is 5.82 Å². The fourth-order valence-electron chi connectivity index (χ4n) is 3.19. The monoisotopic (exact) mass is 289 g/mol. The molecule has 0 unspecified atom stereocenters. The van der Waals surface area contributed by atoms with Crippen molar-refractivity contribution in [1.29, 1.82) is 0 Å². The van der Waals surface area contributed by atoms with Gasteiger partial charge in [0.2, 0.25) is 0 Å². The van der Waals surface area contributed by atoms with E-state index in [2.05, 4.69) is 17.2 Å². The molecule has 116 valence electrons. The summed E-state index contributed by atoms with van der Waals surface area (Å²) in [4.78, 5) is 19.3. The Balaban J connectivity index is 2.20. The Hall–Kier alpha value is -1.58. The van der Waals surface area contributed by atoms with Gasteiger partial charge in [-0.05, 0) is 45.7 Å². The summed E-state index contributed by atoms with van der Waals surface area (Å²) < 4.78 is 0. The maximum Gasteiger partial charge on any atom is 0.254 e. The first-order valence-corrected chi connectivity index (χ1v) is 8.19. The fraction of sp³-hybridized carbons (Fsp3) is 0.647. The van der Waals surface area contributed by atoms with E-state index in [4.69, 9.17) is 0 Å². The Morgan fingerprint density at radius 3 is 2.62 bits per heavy atom. The molecule has 1 N–H and O–H groups in total. The van der Waals surface area contributed by atoms with Gasteiger partial charge in [-0.1, -0.05) is 19.3 Å². The maximum atomic E-state index is 12.9. The lowest BCUT2D eigenvalue weighted by molar-refractivity contribution is 0.0648. The highest BCUT2D eigenvalue weighted by molar-refractivity contribution is 5.95. The number of pyridine rings is 1. The van der Waals surface area contributed by atoms with Gasteiger partial charge in [0.15, 0.2) is 0 Å². The van der Waals surface area contributed by atoms with Crippen molar-refractivity contribution in [2.45, 2.75) is 58.9 Å². The molecule has 21 heavy (non-hydrogen) atoms. The molecule has 1 aliphatic rings. The Morgan fingerprint density at radius 1 is 1.29 bits per heavy atom.